The predicted molar refractivity (Wildman–Crippen MR) is 105 cm³/mol. The normalized spacial score (nSPS) is 13.2. The molecule has 0 aromatic heterocycles. The van der Waals surface area contributed by atoms with Crippen molar-refractivity contribution < 1.29 is 13.7 Å². The molecule has 26 heavy (non-hydrogen) atoms. The van der Waals surface area contributed by atoms with Crippen LogP contribution in [0.25, 0.3) is 0 Å². The van der Waals surface area contributed by atoms with E-state index in [0.717, 1.165) is 0 Å². The van der Waals surface area contributed by atoms with Gasteiger partial charge >= 0.3 is 0 Å². The molecular formula is C19H18BrFN2O2S. The topological polar surface area (TPSA) is 68.4 Å². The van der Waals surface area contributed by atoms with E-state index in [1.807, 2.05) is 6.07 Å². The van der Waals surface area contributed by atoms with Crippen LogP contribution in [0.2, 0.25) is 0 Å². The molecule has 0 aliphatic carbocycles. The Morgan fingerprint density at radius 3 is 2.54 bits per heavy atom. The van der Waals surface area contributed by atoms with Crippen molar-refractivity contribution in [3.8, 4) is 11.8 Å². The van der Waals surface area contributed by atoms with Crippen LogP contribution in [0.15, 0.2) is 45.3 Å². The number of hydrogen-bond acceptors (Lipinski definition) is 4. The highest BCUT2D eigenvalue weighted by molar-refractivity contribution is 9.10. The number of halogens is 2. The summed E-state index contributed by atoms with van der Waals surface area (Å²) in [6.45, 7) is 5.39. The largest absolute Gasteiger partial charge is 0.591 e. The Balaban J connectivity index is 2.73. The summed E-state index contributed by atoms with van der Waals surface area (Å²) < 4.78 is 36.4. The Morgan fingerprint density at radius 1 is 1.31 bits per heavy atom. The van der Waals surface area contributed by atoms with E-state index in [-0.39, 0.29) is 11.3 Å². The number of methoxy groups -OCH3 is 1. The predicted octanol–water partition coefficient (Wildman–Crippen LogP) is 4.77. The van der Waals surface area contributed by atoms with E-state index in [4.69, 9.17) is 4.74 Å². The molecule has 0 amide bonds. The zero-order valence-corrected chi connectivity index (χ0v) is 17.2. The number of benzene rings is 2. The highest BCUT2D eigenvalue weighted by Crippen LogP contribution is 2.29. The molecule has 2 aromatic carbocycles. The second kappa shape index (κ2) is 8.21. The van der Waals surface area contributed by atoms with Crippen LogP contribution >= 0.6 is 15.9 Å². The lowest BCUT2D eigenvalue weighted by molar-refractivity contribution is 0.412. The van der Waals surface area contributed by atoms with Gasteiger partial charge in [0.15, 0.2) is 0 Å². The van der Waals surface area contributed by atoms with Crippen LogP contribution in [-0.4, -0.2) is 22.1 Å². The number of rotatable bonds is 4. The van der Waals surface area contributed by atoms with Crippen LogP contribution in [0.1, 0.15) is 37.5 Å². The van der Waals surface area contributed by atoms with Gasteiger partial charge in [0.2, 0.25) is 0 Å². The van der Waals surface area contributed by atoms with Gasteiger partial charge in [0.1, 0.15) is 39.5 Å². The molecule has 4 nitrogen and oxygen atoms in total. The average molecular weight is 437 g/mol. The first-order chi connectivity index (χ1) is 12.2. The summed E-state index contributed by atoms with van der Waals surface area (Å²) in [5, 5.41) is 9.38. The summed E-state index contributed by atoms with van der Waals surface area (Å²) in [4.78, 5) is 0. The fourth-order valence-electron chi connectivity index (χ4n) is 2.13. The van der Waals surface area contributed by atoms with Gasteiger partial charge in [0, 0.05) is 11.1 Å². The molecule has 1 atom stereocenters. The molecule has 0 saturated carbocycles. The Kier molecular flexibility index (Phi) is 6.45. The first-order valence-electron chi connectivity index (χ1n) is 7.72. The van der Waals surface area contributed by atoms with Crippen molar-refractivity contribution in [2.75, 3.05) is 7.11 Å². The van der Waals surface area contributed by atoms with Crippen LogP contribution in [0, 0.1) is 17.1 Å². The highest BCUT2D eigenvalue weighted by Gasteiger charge is 2.29. The van der Waals surface area contributed by atoms with Gasteiger partial charge in [-0.25, -0.2) is 4.39 Å². The van der Waals surface area contributed by atoms with Gasteiger partial charge < -0.3 is 9.29 Å². The van der Waals surface area contributed by atoms with Gasteiger partial charge in [-0.15, -0.1) is 0 Å². The molecule has 0 fully saturated rings. The van der Waals surface area contributed by atoms with Gasteiger partial charge in [-0.05, 0) is 61.0 Å². The third-order valence-electron chi connectivity index (χ3n) is 3.50. The Bertz CT molecular complexity index is 888. The number of nitriles is 1. The molecule has 0 aliphatic heterocycles. The van der Waals surface area contributed by atoms with Gasteiger partial charge in [0.05, 0.1) is 17.1 Å². The van der Waals surface area contributed by atoms with Crippen LogP contribution in [-0.2, 0) is 11.4 Å². The van der Waals surface area contributed by atoms with Gasteiger partial charge in [-0.1, -0.05) is 16.5 Å². The first-order valence-corrected chi connectivity index (χ1v) is 9.62. The summed E-state index contributed by atoms with van der Waals surface area (Å²) in [7, 11) is 1.55. The molecule has 7 heteroatoms. The van der Waals surface area contributed by atoms with Crippen molar-refractivity contribution in [2.24, 2.45) is 4.40 Å². The molecule has 0 N–H and O–H groups in total. The van der Waals surface area contributed by atoms with E-state index < -0.39 is 21.9 Å². The van der Waals surface area contributed by atoms with Gasteiger partial charge in [0.25, 0.3) is 0 Å². The van der Waals surface area contributed by atoms with Crippen molar-refractivity contribution >= 4 is 33.0 Å². The monoisotopic (exact) mass is 436 g/mol. The lowest BCUT2D eigenvalue weighted by Crippen LogP contribution is -2.27. The fourth-order valence-corrected chi connectivity index (χ4v) is 3.31. The lowest BCUT2D eigenvalue weighted by atomic mass is 9.98. The van der Waals surface area contributed by atoms with Crippen LogP contribution in [0.3, 0.4) is 0 Å². The van der Waals surface area contributed by atoms with E-state index >= 15 is 0 Å². The molecule has 0 bridgehead atoms. The van der Waals surface area contributed by atoms with Crippen molar-refractivity contribution in [2.45, 2.75) is 25.5 Å². The third-order valence-corrected chi connectivity index (χ3v) is 5.52. The van der Waals surface area contributed by atoms with Crippen molar-refractivity contribution in [3.05, 3.63) is 63.4 Å². The second-order valence-electron chi connectivity index (χ2n) is 6.42. The molecule has 136 valence electrons. The average Bonchev–Trinajstić information content (AvgIpc) is 2.58. The lowest BCUT2D eigenvalue weighted by Gasteiger charge is -2.20. The Hall–Kier alpha value is -1.88. The van der Waals surface area contributed by atoms with E-state index in [9.17, 15) is 14.2 Å². The van der Waals surface area contributed by atoms with Gasteiger partial charge in [-0.3, -0.25) is 0 Å². The minimum absolute atomic E-state index is 0.135. The van der Waals surface area contributed by atoms with Crippen LogP contribution < -0.4 is 4.74 Å². The van der Waals surface area contributed by atoms with Crippen molar-refractivity contribution in [1.82, 2.24) is 0 Å². The maximum absolute atomic E-state index is 14.1. The molecule has 0 aliphatic rings. The van der Waals surface area contributed by atoms with Crippen molar-refractivity contribution in [3.63, 3.8) is 0 Å². The molecule has 0 radical (unpaired) electrons. The molecule has 2 aromatic rings. The maximum Gasteiger partial charge on any atom is 0.144 e. The quantitative estimate of drug-likeness (QED) is 0.511. The Morgan fingerprint density at radius 2 is 2.00 bits per heavy atom. The summed E-state index contributed by atoms with van der Waals surface area (Å²) in [5.41, 5.74) is 1.04. The molecule has 0 heterocycles. The highest BCUT2D eigenvalue weighted by atomic mass is 79.9. The summed E-state index contributed by atoms with van der Waals surface area (Å²) in [6, 6.07) is 11.4. The smallest absolute Gasteiger partial charge is 0.144 e. The molecule has 0 saturated heterocycles. The van der Waals surface area contributed by atoms with Gasteiger partial charge in [-0.2, -0.15) is 5.26 Å². The van der Waals surface area contributed by atoms with Crippen LogP contribution in [0.5, 0.6) is 5.75 Å². The summed E-state index contributed by atoms with van der Waals surface area (Å²) in [5.74, 6) is -0.0309. The van der Waals surface area contributed by atoms with E-state index in [2.05, 4.69) is 20.3 Å². The van der Waals surface area contributed by atoms with E-state index in [0.29, 0.717) is 21.3 Å². The number of nitrogens with zero attached hydrogens (tertiary/aromatic N) is 2. The summed E-state index contributed by atoms with van der Waals surface area (Å²) >= 11 is 1.82. The SMILES string of the molecule is COc1ccc(/C(=N\[S+]([O-])C(C)(C)C)c2cccc(F)c2C#N)cc1Br. The molecule has 0 spiro atoms. The van der Waals surface area contributed by atoms with Crippen molar-refractivity contribution in [1.29, 1.82) is 5.26 Å². The minimum atomic E-state index is -1.59. The standard InChI is InChI=1S/C19H18BrFN2O2S/c1-19(2,3)26(24)23-18(12-8-9-17(25-4)15(20)10-12)13-6-5-7-16(21)14(13)11-22/h5-10H,1-4H3/b23-18+. The first kappa shape index (κ1) is 20.4. The van der Waals surface area contributed by atoms with E-state index in [1.54, 1.807) is 52.1 Å². The fraction of sp³-hybridized carbons (Fsp3) is 0.263. The van der Waals surface area contributed by atoms with E-state index in [1.165, 1.54) is 12.1 Å². The third kappa shape index (κ3) is 4.44. The maximum atomic E-state index is 14.1. The zero-order valence-electron chi connectivity index (χ0n) is 14.8. The number of hydrogen-bond donors (Lipinski definition) is 0. The Labute approximate surface area is 164 Å². The van der Waals surface area contributed by atoms with Crippen LogP contribution in [0.4, 0.5) is 4.39 Å². The molecule has 1 unspecified atom stereocenters. The molecular weight excluding hydrogens is 419 g/mol. The summed E-state index contributed by atoms with van der Waals surface area (Å²) in [6.07, 6.45) is 0. The zero-order chi connectivity index (χ0) is 19.5. The minimum Gasteiger partial charge on any atom is -0.591 e. The molecule has 2 rings (SSSR count). The second-order valence-corrected chi connectivity index (χ2v) is 9.18. The number of ether oxygens (including phenoxy) is 1.